The third-order valence-corrected chi connectivity index (χ3v) is 5.46. The van der Waals surface area contributed by atoms with Crippen molar-refractivity contribution in [2.24, 2.45) is 11.8 Å². The van der Waals surface area contributed by atoms with Gasteiger partial charge in [0.2, 0.25) is 0 Å². The van der Waals surface area contributed by atoms with Crippen molar-refractivity contribution in [2.45, 2.75) is 44.2 Å². The second-order valence-electron chi connectivity index (χ2n) is 6.25. The van der Waals surface area contributed by atoms with Crippen LogP contribution in [0.3, 0.4) is 0 Å². The van der Waals surface area contributed by atoms with Gasteiger partial charge in [-0.15, -0.1) is 0 Å². The highest BCUT2D eigenvalue weighted by Gasteiger charge is 2.46. The Hall–Kier alpha value is -0.400. The lowest BCUT2D eigenvalue weighted by Crippen LogP contribution is -2.58. The SMILES string of the molecule is Clc1cc(Cl)cc(N2C3CC4CC(C3)CC2C4)c1. The monoisotopic (exact) mass is 281 g/mol. The Bertz CT molecular complexity index is 437. The molecule has 2 heterocycles. The lowest BCUT2D eigenvalue weighted by atomic mass is 9.63. The Morgan fingerprint density at radius 3 is 1.78 bits per heavy atom. The first-order valence-corrected chi connectivity index (χ1v) is 7.69. The molecule has 2 aliphatic carbocycles. The summed E-state index contributed by atoms with van der Waals surface area (Å²) in [5.41, 5.74) is 1.24. The van der Waals surface area contributed by atoms with E-state index in [4.69, 9.17) is 23.2 Å². The van der Waals surface area contributed by atoms with E-state index < -0.39 is 0 Å². The topological polar surface area (TPSA) is 3.24 Å². The molecule has 2 saturated heterocycles. The molecule has 1 aromatic rings. The molecule has 3 heteroatoms. The standard InChI is InChI=1S/C15H17Cl2N/c16-11-6-12(17)8-15(7-11)18-13-2-9-1-10(4-13)5-14(18)3-9/h6-10,13-14H,1-5H2. The summed E-state index contributed by atoms with van der Waals surface area (Å²) in [4.78, 5) is 2.62. The zero-order chi connectivity index (χ0) is 12.3. The summed E-state index contributed by atoms with van der Waals surface area (Å²) in [6.45, 7) is 0. The third-order valence-electron chi connectivity index (χ3n) is 5.02. The number of piperidine rings is 2. The molecule has 2 saturated carbocycles. The summed E-state index contributed by atoms with van der Waals surface area (Å²) in [6.07, 6.45) is 6.97. The second-order valence-corrected chi connectivity index (χ2v) is 7.13. The second kappa shape index (κ2) is 4.05. The van der Waals surface area contributed by atoms with Crippen LogP contribution in [0, 0.1) is 11.8 Å². The van der Waals surface area contributed by atoms with E-state index >= 15 is 0 Å². The minimum atomic E-state index is 0.732. The van der Waals surface area contributed by atoms with Gasteiger partial charge in [0, 0.05) is 27.8 Å². The van der Waals surface area contributed by atoms with Gasteiger partial charge in [-0.05, 0) is 62.1 Å². The summed E-state index contributed by atoms with van der Waals surface area (Å²) in [6, 6.07) is 7.45. The average Bonchev–Trinajstić information content (AvgIpc) is 2.25. The van der Waals surface area contributed by atoms with Gasteiger partial charge >= 0.3 is 0 Å². The van der Waals surface area contributed by atoms with E-state index in [1.807, 2.05) is 6.07 Å². The van der Waals surface area contributed by atoms with E-state index in [2.05, 4.69) is 17.0 Å². The summed E-state index contributed by atoms with van der Waals surface area (Å²) in [7, 11) is 0. The van der Waals surface area contributed by atoms with Gasteiger partial charge in [0.15, 0.2) is 0 Å². The summed E-state index contributed by atoms with van der Waals surface area (Å²) >= 11 is 12.3. The number of halogens is 2. The van der Waals surface area contributed by atoms with Crippen molar-refractivity contribution in [3.63, 3.8) is 0 Å². The molecule has 18 heavy (non-hydrogen) atoms. The van der Waals surface area contributed by atoms with Gasteiger partial charge < -0.3 is 4.90 Å². The van der Waals surface area contributed by atoms with Gasteiger partial charge in [0.1, 0.15) is 0 Å². The Morgan fingerprint density at radius 1 is 0.778 bits per heavy atom. The molecule has 0 N–H and O–H groups in total. The van der Waals surface area contributed by atoms with Gasteiger partial charge in [-0.1, -0.05) is 23.2 Å². The summed E-state index contributed by atoms with van der Waals surface area (Å²) in [5.74, 6) is 1.97. The normalized spacial score (nSPS) is 37.3. The zero-order valence-corrected chi connectivity index (χ0v) is 11.8. The molecule has 5 rings (SSSR count). The fourth-order valence-electron chi connectivity index (χ4n) is 4.64. The fourth-order valence-corrected chi connectivity index (χ4v) is 5.16. The van der Waals surface area contributed by atoms with Crippen molar-refractivity contribution in [3.05, 3.63) is 28.2 Å². The van der Waals surface area contributed by atoms with E-state index in [1.165, 1.54) is 37.8 Å². The number of nitrogens with zero attached hydrogens (tertiary/aromatic N) is 1. The van der Waals surface area contributed by atoms with E-state index in [-0.39, 0.29) is 0 Å². The summed E-state index contributed by atoms with van der Waals surface area (Å²) < 4.78 is 0. The molecular formula is C15H17Cl2N. The van der Waals surface area contributed by atoms with E-state index in [1.54, 1.807) is 0 Å². The largest absolute Gasteiger partial charge is 0.365 e. The highest BCUT2D eigenvalue weighted by atomic mass is 35.5. The predicted octanol–water partition coefficient (Wildman–Crippen LogP) is 4.76. The molecular weight excluding hydrogens is 265 g/mol. The average molecular weight is 282 g/mol. The molecule has 0 aromatic heterocycles. The fraction of sp³-hybridized carbons (Fsp3) is 0.600. The first kappa shape index (κ1) is 11.4. The maximum Gasteiger partial charge on any atom is 0.0441 e. The van der Waals surface area contributed by atoms with Crippen molar-refractivity contribution in [1.29, 1.82) is 0 Å². The smallest absolute Gasteiger partial charge is 0.0441 e. The molecule has 4 bridgehead atoms. The lowest BCUT2D eigenvalue weighted by Gasteiger charge is -2.57. The lowest BCUT2D eigenvalue weighted by molar-refractivity contribution is 0.0900. The highest BCUT2D eigenvalue weighted by Crippen LogP contribution is 2.50. The van der Waals surface area contributed by atoms with Crippen molar-refractivity contribution in [3.8, 4) is 0 Å². The molecule has 2 aliphatic heterocycles. The van der Waals surface area contributed by atoms with Crippen molar-refractivity contribution in [1.82, 2.24) is 0 Å². The molecule has 1 nitrogen and oxygen atoms in total. The van der Waals surface area contributed by atoms with Gasteiger partial charge in [-0.25, -0.2) is 0 Å². The highest BCUT2D eigenvalue weighted by molar-refractivity contribution is 6.35. The van der Waals surface area contributed by atoms with Crippen LogP contribution >= 0.6 is 23.2 Å². The summed E-state index contributed by atoms with van der Waals surface area (Å²) in [5, 5.41) is 1.51. The first-order chi connectivity index (χ1) is 8.69. The Kier molecular flexibility index (Phi) is 2.57. The molecule has 0 atom stereocenters. The number of hydrogen-bond donors (Lipinski definition) is 0. The minimum Gasteiger partial charge on any atom is -0.365 e. The molecule has 0 radical (unpaired) electrons. The van der Waals surface area contributed by atoms with Crippen LogP contribution in [0.15, 0.2) is 18.2 Å². The molecule has 0 amide bonds. The predicted molar refractivity (Wildman–Crippen MR) is 76.6 cm³/mol. The molecule has 4 fully saturated rings. The first-order valence-electron chi connectivity index (χ1n) is 6.93. The van der Waals surface area contributed by atoms with Crippen molar-refractivity contribution in [2.75, 3.05) is 4.90 Å². The quantitative estimate of drug-likeness (QED) is 0.717. The maximum absolute atomic E-state index is 6.15. The Morgan fingerprint density at radius 2 is 1.28 bits per heavy atom. The molecule has 4 aliphatic rings. The van der Waals surface area contributed by atoms with E-state index in [0.29, 0.717) is 0 Å². The molecule has 1 aromatic carbocycles. The number of benzene rings is 1. The van der Waals surface area contributed by atoms with Crippen LogP contribution in [0.2, 0.25) is 10.0 Å². The van der Waals surface area contributed by atoms with Crippen LogP contribution in [0.1, 0.15) is 32.1 Å². The van der Waals surface area contributed by atoms with Crippen LogP contribution in [-0.4, -0.2) is 12.1 Å². The maximum atomic E-state index is 6.15. The van der Waals surface area contributed by atoms with Crippen LogP contribution in [0.5, 0.6) is 0 Å². The van der Waals surface area contributed by atoms with Crippen LogP contribution < -0.4 is 4.90 Å². The molecule has 0 unspecified atom stereocenters. The van der Waals surface area contributed by atoms with Crippen LogP contribution in [-0.2, 0) is 0 Å². The van der Waals surface area contributed by atoms with Crippen LogP contribution in [0.25, 0.3) is 0 Å². The number of hydrogen-bond acceptors (Lipinski definition) is 1. The molecule has 96 valence electrons. The van der Waals surface area contributed by atoms with Gasteiger partial charge in [0.05, 0.1) is 0 Å². The van der Waals surface area contributed by atoms with E-state index in [9.17, 15) is 0 Å². The zero-order valence-electron chi connectivity index (χ0n) is 10.3. The number of anilines is 1. The molecule has 0 spiro atoms. The Labute approximate surface area is 118 Å². The third kappa shape index (κ3) is 1.75. The van der Waals surface area contributed by atoms with Crippen LogP contribution in [0.4, 0.5) is 5.69 Å². The minimum absolute atomic E-state index is 0.732. The van der Waals surface area contributed by atoms with E-state index in [0.717, 1.165) is 34.0 Å². The van der Waals surface area contributed by atoms with Gasteiger partial charge in [-0.3, -0.25) is 0 Å². The number of rotatable bonds is 1. The van der Waals surface area contributed by atoms with Crippen molar-refractivity contribution >= 4 is 28.9 Å². The Balaban J connectivity index is 1.72. The van der Waals surface area contributed by atoms with Gasteiger partial charge in [0.25, 0.3) is 0 Å². The van der Waals surface area contributed by atoms with Gasteiger partial charge in [-0.2, -0.15) is 0 Å². The van der Waals surface area contributed by atoms with Crippen molar-refractivity contribution < 1.29 is 0 Å².